The number of ether oxygens (including phenoxy) is 1. The van der Waals surface area contributed by atoms with Gasteiger partial charge in [0.25, 0.3) is 0 Å². The van der Waals surface area contributed by atoms with Gasteiger partial charge in [-0.2, -0.15) is 0 Å². The van der Waals surface area contributed by atoms with Gasteiger partial charge in [-0.1, -0.05) is 20.8 Å². The maximum Gasteiger partial charge on any atom is 0.314 e. The third-order valence-electron chi connectivity index (χ3n) is 2.48. The molecule has 1 unspecified atom stereocenters. The molecule has 116 valence electrons. The van der Waals surface area contributed by atoms with Crippen LogP contribution >= 0.6 is 0 Å². The average molecular weight is 288 g/mol. The molecule has 6 heteroatoms. The Hall–Kier alpha value is -1.72. The van der Waals surface area contributed by atoms with E-state index in [1.54, 1.807) is 27.7 Å². The fourth-order valence-corrected chi connectivity index (χ4v) is 1.28. The van der Waals surface area contributed by atoms with Crippen LogP contribution in [0.4, 0.5) is 0 Å². The molecule has 0 bridgehead atoms. The summed E-state index contributed by atoms with van der Waals surface area (Å²) in [5, 5.41) is 8.45. The molecular formula is C14H24O6. The number of rotatable bonds is 8. The highest BCUT2D eigenvalue weighted by molar-refractivity contribution is 5.97. The molecule has 0 aliphatic carbocycles. The van der Waals surface area contributed by atoms with Crippen LogP contribution in [0.3, 0.4) is 0 Å². The van der Waals surface area contributed by atoms with E-state index in [9.17, 15) is 19.2 Å². The number of hydrogen-bond donors (Lipinski definition) is 1. The van der Waals surface area contributed by atoms with Crippen LogP contribution in [0.15, 0.2) is 0 Å². The minimum Gasteiger partial charge on any atom is -0.481 e. The summed E-state index contributed by atoms with van der Waals surface area (Å²) in [6.45, 7) is 7.16. The second-order valence-corrected chi connectivity index (χ2v) is 3.99. The van der Waals surface area contributed by atoms with Gasteiger partial charge < -0.3 is 9.84 Å². The van der Waals surface area contributed by atoms with Crippen LogP contribution < -0.4 is 0 Å². The summed E-state index contributed by atoms with van der Waals surface area (Å²) in [5.74, 6) is -2.47. The third-order valence-corrected chi connectivity index (χ3v) is 2.48. The van der Waals surface area contributed by atoms with Gasteiger partial charge in [-0.3, -0.25) is 19.2 Å². The molecule has 20 heavy (non-hydrogen) atoms. The second-order valence-electron chi connectivity index (χ2n) is 3.99. The Labute approximate surface area is 119 Å². The number of hydrogen-bond acceptors (Lipinski definition) is 5. The molecule has 0 saturated carbocycles. The number of carboxylic acids is 1. The minimum absolute atomic E-state index is 0.0709. The van der Waals surface area contributed by atoms with E-state index in [1.807, 2.05) is 0 Å². The number of esters is 1. The first-order chi connectivity index (χ1) is 9.33. The van der Waals surface area contributed by atoms with Gasteiger partial charge in [0.2, 0.25) is 0 Å². The molecule has 0 aliphatic heterocycles. The number of aliphatic carboxylic acids is 1. The topological polar surface area (TPSA) is 97.7 Å². The van der Waals surface area contributed by atoms with Crippen LogP contribution in [-0.4, -0.2) is 35.2 Å². The highest BCUT2D eigenvalue weighted by atomic mass is 16.5. The lowest BCUT2D eigenvalue weighted by Crippen LogP contribution is -2.21. The van der Waals surface area contributed by atoms with Crippen molar-refractivity contribution in [3.05, 3.63) is 0 Å². The molecule has 0 aromatic heterocycles. The molecule has 0 aromatic rings. The molecule has 0 aliphatic rings. The van der Waals surface area contributed by atoms with E-state index in [0.29, 0.717) is 25.9 Å². The second kappa shape index (κ2) is 12.3. The maximum atomic E-state index is 10.8. The number of carbonyl (C=O) groups is 4. The molecule has 1 atom stereocenters. The van der Waals surface area contributed by atoms with Gasteiger partial charge in [-0.05, 0) is 13.3 Å². The first-order valence-corrected chi connectivity index (χ1v) is 6.76. The normalized spacial score (nSPS) is 10.8. The van der Waals surface area contributed by atoms with E-state index in [-0.39, 0.29) is 18.0 Å². The van der Waals surface area contributed by atoms with Crippen molar-refractivity contribution >= 4 is 23.5 Å². The van der Waals surface area contributed by atoms with Gasteiger partial charge in [0, 0.05) is 12.8 Å². The Morgan fingerprint density at radius 3 is 1.80 bits per heavy atom. The van der Waals surface area contributed by atoms with Crippen LogP contribution in [0.1, 0.15) is 53.4 Å². The molecule has 0 rings (SSSR count). The quantitative estimate of drug-likeness (QED) is 0.542. The summed E-state index contributed by atoms with van der Waals surface area (Å²) >= 11 is 0. The van der Waals surface area contributed by atoms with E-state index in [2.05, 4.69) is 4.74 Å². The fourth-order valence-electron chi connectivity index (χ4n) is 1.28. The molecule has 0 amide bonds. The predicted octanol–water partition coefficient (Wildman–Crippen LogP) is 1.99. The number of carbonyl (C=O) groups excluding carboxylic acids is 3. The van der Waals surface area contributed by atoms with Crippen LogP contribution in [0.25, 0.3) is 0 Å². The van der Waals surface area contributed by atoms with Gasteiger partial charge in [-0.15, -0.1) is 0 Å². The first kappa shape index (κ1) is 20.6. The van der Waals surface area contributed by atoms with Gasteiger partial charge in [0.1, 0.15) is 23.9 Å². The minimum atomic E-state index is -1.01. The van der Waals surface area contributed by atoms with E-state index in [4.69, 9.17) is 5.11 Å². The SMILES string of the molecule is CCC(=O)C(CC)C(=O)O.CCOC(=O)CC(=O)CC. The van der Waals surface area contributed by atoms with E-state index < -0.39 is 17.9 Å². The van der Waals surface area contributed by atoms with Crippen molar-refractivity contribution in [2.24, 2.45) is 5.92 Å². The van der Waals surface area contributed by atoms with E-state index in [0.717, 1.165) is 0 Å². The molecule has 0 aromatic carbocycles. The Balaban J connectivity index is 0. The number of carboxylic acid groups (broad SMARTS) is 1. The summed E-state index contributed by atoms with van der Waals surface area (Å²) in [7, 11) is 0. The van der Waals surface area contributed by atoms with Crippen LogP contribution in [0.2, 0.25) is 0 Å². The zero-order chi connectivity index (χ0) is 16.1. The molecule has 1 N–H and O–H groups in total. The highest BCUT2D eigenvalue weighted by Gasteiger charge is 2.21. The smallest absolute Gasteiger partial charge is 0.314 e. The molecule has 0 saturated heterocycles. The molecule has 0 heterocycles. The Bertz CT molecular complexity index is 333. The summed E-state index contributed by atoms with van der Waals surface area (Å²) in [4.78, 5) is 42.3. The standard InChI is InChI=1S/2C7H12O3/c1-3-6(8)5-7(9)10-4-2;1-3-5(7(9)10)6(8)4-2/h3-5H2,1-2H3;5H,3-4H2,1-2H3,(H,9,10). The van der Waals surface area contributed by atoms with Crippen molar-refractivity contribution in [3.8, 4) is 0 Å². The summed E-state index contributed by atoms with van der Waals surface area (Å²) in [5.41, 5.74) is 0. The van der Waals surface area contributed by atoms with Crippen molar-refractivity contribution < 1.29 is 29.0 Å². The summed E-state index contributed by atoms with van der Waals surface area (Å²) < 4.78 is 4.55. The van der Waals surface area contributed by atoms with Crippen molar-refractivity contribution in [2.45, 2.75) is 53.4 Å². The monoisotopic (exact) mass is 288 g/mol. The lowest BCUT2D eigenvalue weighted by atomic mass is 10.00. The van der Waals surface area contributed by atoms with Crippen molar-refractivity contribution in [1.82, 2.24) is 0 Å². The molecule has 0 spiro atoms. The first-order valence-electron chi connectivity index (χ1n) is 6.76. The molecule has 0 fully saturated rings. The van der Waals surface area contributed by atoms with Crippen molar-refractivity contribution in [2.75, 3.05) is 6.61 Å². The molecule has 6 nitrogen and oxygen atoms in total. The van der Waals surface area contributed by atoms with Crippen LogP contribution in [0.5, 0.6) is 0 Å². The lowest BCUT2D eigenvalue weighted by molar-refractivity contribution is -0.147. The van der Waals surface area contributed by atoms with Gasteiger partial charge >= 0.3 is 11.9 Å². The highest BCUT2D eigenvalue weighted by Crippen LogP contribution is 2.05. The average Bonchev–Trinajstić information content (AvgIpc) is 2.39. The molecular weight excluding hydrogens is 264 g/mol. The van der Waals surface area contributed by atoms with Crippen LogP contribution in [0, 0.1) is 5.92 Å². The van der Waals surface area contributed by atoms with Gasteiger partial charge in [0.15, 0.2) is 0 Å². The maximum absolute atomic E-state index is 10.8. The van der Waals surface area contributed by atoms with E-state index >= 15 is 0 Å². The number of Topliss-reactive ketones (excluding diaryl/α,β-unsaturated/α-hetero) is 2. The predicted molar refractivity (Wildman–Crippen MR) is 73.3 cm³/mol. The van der Waals surface area contributed by atoms with Crippen molar-refractivity contribution in [1.29, 1.82) is 0 Å². The third kappa shape index (κ3) is 10.2. The van der Waals surface area contributed by atoms with Crippen LogP contribution in [-0.2, 0) is 23.9 Å². The van der Waals surface area contributed by atoms with Gasteiger partial charge in [0.05, 0.1) is 6.61 Å². The zero-order valence-electron chi connectivity index (χ0n) is 12.6. The number of ketones is 2. The lowest BCUT2D eigenvalue weighted by Gasteiger charge is -2.04. The Morgan fingerprint density at radius 1 is 1.00 bits per heavy atom. The zero-order valence-corrected chi connectivity index (χ0v) is 12.6. The fraction of sp³-hybridized carbons (Fsp3) is 0.714. The Morgan fingerprint density at radius 2 is 1.55 bits per heavy atom. The Kier molecular flexibility index (Phi) is 12.7. The van der Waals surface area contributed by atoms with E-state index in [1.165, 1.54) is 0 Å². The summed E-state index contributed by atoms with van der Waals surface area (Å²) in [6.07, 6.45) is 1.02. The molecule has 0 radical (unpaired) electrons. The van der Waals surface area contributed by atoms with Gasteiger partial charge in [-0.25, -0.2) is 0 Å². The summed E-state index contributed by atoms with van der Waals surface area (Å²) in [6, 6.07) is 0. The largest absolute Gasteiger partial charge is 0.481 e. The van der Waals surface area contributed by atoms with Crippen molar-refractivity contribution in [3.63, 3.8) is 0 Å².